The number of halogens is 1. The molecule has 0 aliphatic carbocycles. The monoisotopic (exact) mass is 773 g/mol. The van der Waals surface area contributed by atoms with Gasteiger partial charge in [-0.25, -0.2) is 0 Å². The Morgan fingerprint density at radius 2 is 0.833 bits per heavy atom. The third kappa shape index (κ3) is 50.4. The van der Waals surface area contributed by atoms with E-state index in [1.165, 1.54) is 141 Å². The summed E-state index contributed by atoms with van der Waals surface area (Å²) in [6, 6.07) is 0. The standard InChI is InChI=1S/C24H49NO2.C19H38O2.C3H7N.CH3F/c1-5-9-15-19-23(18-10-6-2)27-24(26)20-16-13-11-12-14-17-22-25(8-4)21-7-3;1-4-7-10-13-16-18(15-12-9-6-3)21-19(20)17-14-11-8-5-2;1-2-3-4;1-2/h23H,5-22H2,1-4H3;18H,4-17H2,1-3H3;2-3H,4H2,1H3;1H3/b;;3-2-;. The molecule has 0 rings (SSSR count). The number of hydrogen-bond donors (Lipinski definition) is 1. The fourth-order valence-corrected chi connectivity index (χ4v) is 6.24. The average Bonchev–Trinajstić information content (AvgIpc) is 3.18. The normalized spacial score (nSPS) is 11.8. The topological polar surface area (TPSA) is 81.9 Å². The van der Waals surface area contributed by atoms with Crippen molar-refractivity contribution < 1.29 is 23.5 Å². The van der Waals surface area contributed by atoms with Crippen LogP contribution in [0.25, 0.3) is 0 Å². The Balaban J connectivity index is -0.000000412. The number of hydrogen-bond acceptors (Lipinski definition) is 6. The number of rotatable bonds is 35. The first-order valence-electron chi connectivity index (χ1n) is 23.1. The van der Waals surface area contributed by atoms with Gasteiger partial charge in [0, 0.05) is 12.8 Å². The van der Waals surface area contributed by atoms with Crippen LogP contribution in [0.5, 0.6) is 0 Å². The molecule has 6 nitrogen and oxygen atoms in total. The second-order valence-corrected chi connectivity index (χ2v) is 14.8. The zero-order valence-corrected chi connectivity index (χ0v) is 38.0. The largest absolute Gasteiger partial charge is 0.462 e. The highest BCUT2D eigenvalue weighted by atomic mass is 19.1. The summed E-state index contributed by atoms with van der Waals surface area (Å²) in [5, 5.41) is 0. The van der Waals surface area contributed by atoms with Gasteiger partial charge in [-0.15, -0.1) is 0 Å². The molecule has 0 aliphatic rings. The van der Waals surface area contributed by atoms with E-state index in [2.05, 4.69) is 53.4 Å². The molecule has 2 N–H and O–H groups in total. The summed E-state index contributed by atoms with van der Waals surface area (Å²) in [4.78, 5) is 26.6. The van der Waals surface area contributed by atoms with Crippen molar-refractivity contribution in [2.75, 3.05) is 26.8 Å². The molecule has 0 aromatic carbocycles. The van der Waals surface area contributed by atoms with Crippen molar-refractivity contribution in [3.05, 3.63) is 12.3 Å². The van der Waals surface area contributed by atoms with Gasteiger partial charge in [0.15, 0.2) is 0 Å². The highest BCUT2D eigenvalue weighted by Gasteiger charge is 2.15. The van der Waals surface area contributed by atoms with Crippen molar-refractivity contribution in [3.63, 3.8) is 0 Å². The molecule has 0 fully saturated rings. The first-order valence-corrected chi connectivity index (χ1v) is 23.1. The fourth-order valence-electron chi connectivity index (χ4n) is 6.24. The second kappa shape index (κ2) is 53.5. The maximum absolute atomic E-state index is 12.1. The van der Waals surface area contributed by atoms with E-state index in [0.717, 1.165) is 57.8 Å². The maximum atomic E-state index is 12.1. The third-order valence-corrected chi connectivity index (χ3v) is 9.63. The van der Waals surface area contributed by atoms with E-state index in [-0.39, 0.29) is 24.1 Å². The molecule has 326 valence electrons. The Morgan fingerprint density at radius 1 is 0.500 bits per heavy atom. The number of allylic oxidation sites excluding steroid dienone is 1. The SMILES string of the molecule is C/C=C\N.CCCCCC(CCCC)OC(=O)CCCCCCCCN(CC)CCC.CCCCCCC(=O)OC(CCCCC)CCCCCC.CF. The molecule has 0 bridgehead atoms. The summed E-state index contributed by atoms with van der Waals surface area (Å²) >= 11 is 0. The molecule has 0 spiro atoms. The number of carbonyl (C=O) groups excluding carboxylic acids is 2. The zero-order chi connectivity index (χ0) is 41.3. The van der Waals surface area contributed by atoms with E-state index >= 15 is 0 Å². The van der Waals surface area contributed by atoms with Crippen LogP contribution in [0.4, 0.5) is 4.39 Å². The molecule has 0 aromatic heterocycles. The minimum Gasteiger partial charge on any atom is -0.462 e. The van der Waals surface area contributed by atoms with Crippen LogP contribution in [0.3, 0.4) is 0 Å². The van der Waals surface area contributed by atoms with Crippen molar-refractivity contribution in [2.24, 2.45) is 5.73 Å². The molecule has 54 heavy (non-hydrogen) atoms. The number of esters is 2. The van der Waals surface area contributed by atoms with Gasteiger partial charge in [-0.2, -0.15) is 0 Å². The lowest BCUT2D eigenvalue weighted by atomic mass is 10.0. The predicted molar refractivity (Wildman–Crippen MR) is 236 cm³/mol. The Morgan fingerprint density at radius 3 is 1.22 bits per heavy atom. The molecule has 0 saturated carbocycles. The van der Waals surface area contributed by atoms with Crippen LogP contribution in [0.1, 0.15) is 242 Å². The number of alkyl halides is 1. The summed E-state index contributed by atoms with van der Waals surface area (Å²) in [6.45, 7) is 21.1. The first kappa shape index (κ1) is 59.1. The molecular weight excluding hydrogens is 676 g/mol. The van der Waals surface area contributed by atoms with Gasteiger partial charge in [0.05, 0.1) is 7.18 Å². The molecule has 0 aromatic rings. The molecule has 0 aliphatic heterocycles. The summed E-state index contributed by atoms with van der Waals surface area (Å²) in [5.41, 5.74) is 4.85. The Hall–Kier alpha value is -1.63. The van der Waals surface area contributed by atoms with Crippen LogP contribution in [0.2, 0.25) is 0 Å². The molecule has 2 atom stereocenters. The maximum Gasteiger partial charge on any atom is 0.306 e. The molecule has 2 unspecified atom stereocenters. The number of unbranched alkanes of at least 4 members (excludes halogenated alkanes) is 16. The molecule has 0 amide bonds. The minimum absolute atomic E-state index is 0.0306. The van der Waals surface area contributed by atoms with Gasteiger partial charge in [-0.1, -0.05) is 157 Å². The van der Waals surface area contributed by atoms with E-state index in [9.17, 15) is 14.0 Å². The molecule has 0 radical (unpaired) electrons. The van der Waals surface area contributed by atoms with Gasteiger partial charge in [0.1, 0.15) is 12.2 Å². The number of nitrogens with two attached hydrogens (primary N) is 1. The van der Waals surface area contributed by atoms with E-state index in [1.807, 2.05) is 6.92 Å². The van der Waals surface area contributed by atoms with Crippen LogP contribution in [0.15, 0.2) is 12.3 Å². The Kier molecular flexibility index (Phi) is 58.5. The van der Waals surface area contributed by atoms with Crippen molar-refractivity contribution in [3.8, 4) is 0 Å². The van der Waals surface area contributed by atoms with Gasteiger partial charge < -0.3 is 20.1 Å². The van der Waals surface area contributed by atoms with E-state index in [1.54, 1.807) is 6.08 Å². The summed E-state index contributed by atoms with van der Waals surface area (Å²) in [6.07, 6.45) is 36.9. The lowest BCUT2D eigenvalue weighted by molar-refractivity contribution is -0.151. The summed E-state index contributed by atoms with van der Waals surface area (Å²) < 4.78 is 21.0. The van der Waals surface area contributed by atoms with E-state index in [4.69, 9.17) is 15.2 Å². The Labute approximate surface area is 338 Å². The molecular formula is C47H97FN2O4. The quantitative estimate of drug-likeness (QED) is 0.0510. The van der Waals surface area contributed by atoms with Crippen LogP contribution < -0.4 is 5.73 Å². The zero-order valence-electron chi connectivity index (χ0n) is 38.0. The minimum atomic E-state index is 0.0306. The number of ether oxygens (including phenoxy) is 2. The van der Waals surface area contributed by atoms with Crippen molar-refractivity contribution in [1.82, 2.24) is 4.90 Å². The first-order chi connectivity index (χ1) is 26.3. The van der Waals surface area contributed by atoms with Gasteiger partial charge >= 0.3 is 11.9 Å². The van der Waals surface area contributed by atoms with Crippen molar-refractivity contribution in [1.29, 1.82) is 0 Å². The van der Waals surface area contributed by atoms with Crippen molar-refractivity contribution in [2.45, 2.75) is 254 Å². The average molecular weight is 773 g/mol. The number of carbonyl (C=O) groups is 2. The second-order valence-electron chi connectivity index (χ2n) is 14.8. The molecule has 0 heterocycles. The summed E-state index contributed by atoms with van der Waals surface area (Å²) in [5.74, 6) is 0.0637. The lowest BCUT2D eigenvalue weighted by Crippen LogP contribution is -2.25. The van der Waals surface area contributed by atoms with Crippen LogP contribution >= 0.6 is 0 Å². The van der Waals surface area contributed by atoms with Gasteiger partial charge in [0.25, 0.3) is 0 Å². The predicted octanol–water partition coefficient (Wildman–Crippen LogP) is 14.6. The van der Waals surface area contributed by atoms with E-state index in [0.29, 0.717) is 20.0 Å². The third-order valence-electron chi connectivity index (χ3n) is 9.63. The smallest absolute Gasteiger partial charge is 0.306 e. The van der Waals surface area contributed by atoms with Crippen LogP contribution in [0, 0.1) is 0 Å². The highest BCUT2D eigenvalue weighted by molar-refractivity contribution is 5.69. The van der Waals surface area contributed by atoms with Gasteiger partial charge in [0.2, 0.25) is 0 Å². The fraction of sp³-hybridized carbons (Fsp3) is 0.915. The van der Waals surface area contributed by atoms with Crippen molar-refractivity contribution >= 4 is 11.9 Å². The lowest BCUT2D eigenvalue weighted by Gasteiger charge is -2.19. The van der Waals surface area contributed by atoms with Crippen LogP contribution in [-0.2, 0) is 19.1 Å². The molecule has 7 heteroatoms. The van der Waals surface area contributed by atoms with Gasteiger partial charge in [-0.05, 0) is 103 Å². The van der Waals surface area contributed by atoms with Crippen LogP contribution in [-0.4, -0.2) is 55.9 Å². The highest BCUT2D eigenvalue weighted by Crippen LogP contribution is 2.18. The molecule has 0 saturated heterocycles. The van der Waals surface area contributed by atoms with E-state index < -0.39 is 0 Å². The number of nitrogens with zero attached hydrogens (tertiary/aromatic N) is 1. The Bertz CT molecular complexity index is 733. The van der Waals surface area contributed by atoms with Gasteiger partial charge in [-0.3, -0.25) is 14.0 Å². The summed E-state index contributed by atoms with van der Waals surface area (Å²) in [7, 11) is 0.500.